The summed E-state index contributed by atoms with van der Waals surface area (Å²) >= 11 is 1.40. The van der Waals surface area contributed by atoms with Gasteiger partial charge >= 0.3 is 6.03 Å². The van der Waals surface area contributed by atoms with Crippen LogP contribution in [0, 0.1) is 0 Å². The molecule has 1 aliphatic rings. The molecule has 2 amide bonds. The second kappa shape index (κ2) is 6.31. The van der Waals surface area contributed by atoms with Crippen LogP contribution in [0.5, 0.6) is 5.75 Å². The number of benzene rings is 1. The van der Waals surface area contributed by atoms with E-state index in [0.29, 0.717) is 17.7 Å². The van der Waals surface area contributed by atoms with Gasteiger partial charge in [-0.25, -0.2) is 4.79 Å². The van der Waals surface area contributed by atoms with E-state index in [4.69, 9.17) is 4.74 Å². The predicted octanol–water partition coefficient (Wildman–Crippen LogP) is 3.31. The summed E-state index contributed by atoms with van der Waals surface area (Å²) in [5, 5.41) is 15.2. The molecule has 2 N–H and O–H groups in total. The highest BCUT2D eigenvalue weighted by Crippen LogP contribution is 2.31. The van der Waals surface area contributed by atoms with E-state index in [2.05, 4.69) is 20.8 Å². The van der Waals surface area contributed by atoms with Crippen LogP contribution in [-0.4, -0.2) is 22.8 Å². The van der Waals surface area contributed by atoms with Crippen molar-refractivity contribution >= 4 is 22.5 Å². The number of nitrogens with zero attached hydrogens (tertiary/aromatic N) is 2. The summed E-state index contributed by atoms with van der Waals surface area (Å²) in [6.45, 7) is 4.69. The van der Waals surface area contributed by atoms with E-state index in [9.17, 15) is 4.79 Å². The van der Waals surface area contributed by atoms with Gasteiger partial charge in [0.15, 0.2) is 0 Å². The maximum absolute atomic E-state index is 12.1. The summed E-state index contributed by atoms with van der Waals surface area (Å²) in [7, 11) is 0. The van der Waals surface area contributed by atoms with Gasteiger partial charge < -0.3 is 10.1 Å². The molecular formula is C15H18N4O2S. The highest BCUT2D eigenvalue weighted by molar-refractivity contribution is 7.15. The fraction of sp³-hybridized carbons (Fsp3) is 0.400. The van der Waals surface area contributed by atoms with E-state index in [0.717, 1.165) is 22.7 Å². The Bertz CT molecular complexity index is 671. The van der Waals surface area contributed by atoms with Gasteiger partial charge in [-0.15, -0.1) is 10.2 Å². The zero-order valence-corrected chi connectivity index (χ0v) is 13.3. The first kappa shape index (κ1) is 14.8. The van der Waals surface area contributed by atoms with Gasteiger partial charge in [-0.2, -0.15) is 0 Å². The molecule has 0 saturated heterocycles. The maximum atomic E-state index is 12.1. The average molecular weight is 318 g/mol. The Morgan fingerprint density at radius 1 is 1.36 bits per heavy atom. The zero-order valence-electron chi connectivity index (χ0n) is 12.5. The number of rotatable bonds is 3. The third kappa shape index (κ3) is 3.19. The lowest BCUT2D eigenvalue weighted by Crippen LogP contribution is -2.35. The van der Waals surface area contributed by atoms with Gasteiger partial charge in [0.2, 0.25) is 5.13 Å². The lowest BCUT2D eigenvalue weighted by Gasteiger charge is -2.26. The second-order valence-corrected chi connectivity index (χ2v) is 6.44. The maximum Gasteiger partial charge on any atom is 0.321 e. The van der Waals surface area contributed by atoms with Crippen molar-refractivity contribution in [2.75, 3.05) is 11.9 Å². The molecule has 0 fully saturated rings. The third-order valence-corrected chi connectivity index (χ3v) is 4.56. The highest BCUT2D eigenvalue weighted by atomic mass is 32.1. The van der Waals surface area contributed by atoms with Crippen LogP contribution < -0.4 is 15.4 Å². The molecule has 0 radical (unpaired) electrons. The molecule has 0 spiro atoms. The number of urea groups is 1. The number of fused-ring (bicyclic) bond motifs is 1. The van der Waals surface area contributed by atoms with Crippen molar-refractivity contribution in [3.05, 3.63) is 34.8 Å². The quantitative estimate of drug-likeness (QED) is 0.910. The average Bonchev–Trinajstić information content (AvgIpc) is 2.96. The van der Waals surface area contributed by atoms with Crippen LogP contribution in [0.15, 0.2) is 24.3 Å². The standard InChI is InChI=1S/C15H18N4O2S/c1-9(2)13-18-19-15(22-13)17-14(20)16-11-7-8-21-12-6-4-3-5-10(11)12/h3-6,9,11H,7-8H2,1-2H3,(H2,16,17,19,20)/t11-/m1/s1. The summed E-state index contributed by atoms with van der Waals surface area (Å²) in [6, 6.07) is 7.44. The van der Waals surface area contributed by atoms with Gasteiger partial charge in [-0.05, 0) is 6.07 Å². The van der Waals surface area contributed by atoms with Crippen molar-refractivity contribution in [1.29, 1.82) is 0 Å². The Hall–Kier alpha value is -2.15. The van der Waals surface area contributed by atoms with Gasteiger partial charge in [-0.3, -0.25) is 5.32 Å². The molecule has 116 valence electrons. The molecule has 6 nitrogen and oxygen atoms in total. The van der Waals surface area contributed by atoms with Crippen molar-refractivity contribution in [3.63, 3.8) is 0 Å². The SMILES string of the molecule is CC(C)c1nnc(NC(=O)N[C@@H]2CCOc3ccccc32)s1. The monoisotopic (exact) mass is 318 g/mol. The predicted molar refractivity (Wildman–Crippen MR) is 85.4 cm³/mol. The molecule has 1 aromatic carbocycles. The number of carbonyl (C=O) groups excluding carboxylic acids is 1. The fourth-order valence-corrected chi connectivity index (χ4v) is 3.04. The van der Waals surface area contributed by atoms with E-state index in [1.165, 1.54) is 11.3 Å². The second-order valence-electron chi connectivity index (χ2n) is 5.43. The van der Waals surface area contributed by atoms with E-state index in [1.54, 1.807) is 0 Å². The number of hydrogen-bond acceptors (Lipinski definition) is 5. The smallest absolute Gasteiger partial charge is 0.321 e. The van der Waals surface area contributed by atoms with Gasteiger partial charge in [0.05, 0.1) is 12.6 Å². The Kier molecular flexibility index (Phi) is 4.24. The van der Waals surface area contributed by atoms with E-state index >= 15 is 0 Å². The van der Waals surface area contributed by atoms with Crippen LogP contribution in [0.4, 0.5) is 9.93 Å². The Morgan fingerprint density at radius 3 is 2.95 bits per heavy atom. The molecule has 0 unspecified atom stereocenters. The van der Waals surface area contributed by atoms with Crippen molar-refractivity contribution < 1.29 is 9.53 Å². The largest absolute Gasteiger partial charge is 0.493 e. The first-order valence-corrected chi connectivity index (χ1v) is 8.08. The number of nitrogens with one attached hydrogen (secondary N) is 2. The molecule has 3 rings (SSSR count). The number of anilines is 1. The molecule has 22 heavy (non-hydrogen) atoms. The van der Waals surface area contributed by atoms with Gasteiger partial charge in [0.1, 0.15) is 10.8 Å². The van der Waals surface area contributed by atoms with Crippen LogP contribution in [0.25, 0.3) is 0 Å². The number of para-hydroxylation sites is 1. The van der Waals surface area contributed by atoms with E-state index in [-0.39, 0.29) is 12.1 Å². The minimum Gasteiger partial charge on any atom is -0.493 e. The molecule has 1 aliphatic heterocycles. The van der Waals surface area contributed by atoms with Gasteiger partial charge in [0, 0.05) is 17.9 Å². The molecule has 0 aliphatic carbocycles. The van der Waals surface area contributed by atoms with Crippen molar-refractivity contribution in [1.82, 2.24) is 15.5 Å². The van der Waals surface area contributed by atoms with Crippen LogP contribution in [0.1, 0.15) is 42.8 Å². The lowest BCUT2D eigenvalue weighted by atomic mass is 10.0. The highest BCUT2D eigenvalue weighted by Gasteiger charge is 2.23. The van der Waals surface area contributed by atoms with Crippen molar-refractivity contribution in [3.8, 4) is 5.75 Å². The molecule has 0 bridgehead atoms. The topological polar surface area (TPSA) is 76.1 Å². The van der Waals surface area contributed by atoms with Crippen molar-refractivity contribution in [2.24, 2.45) is 0 Å². The first-order chi connectivity index (χ1) is 10.6. The van der Waals surface area contributed by atoms with Crippen LogP contribution in [0.3, 0.4) is 0 Å². The summed E-state index contributed by atoms with van der Waals surface area (Å²) in [5.74, 6) is 1.13. The lowest BCUT2D eigenvalue weighted by molar-refractivity contribution is 0.232. The van der Waals surface area contributed by atoms with Gasteiger partial charge in [0.25, 0.3) is 0 Å². The number of ether oxygens (including phenoxy) is 1. The van der Waals surface area contributed by atoms with E-state index in [1.807, 2.05) is 38.1 Å². The fourth-order valence-electron chi connectivity index (χ4n) is 2.30. The number of carbonyl (C=O) groups is 1. The van der Waals surface area contributed by atoms with E-state index < -0.39 is 0 Å². The summed E-state index contributed by atoms with van der Waals surface area (Å²) in [6.07, 6.45) is 0.748. The summed E-state index contributed by atoms with van der Waals surface area (Å²) < 4.78 is 5.59. The first-order valence-electron chi connectivity index (χ1n) is 7.26. The normalized spacial score (nSPS) is 16.8. The summed E-state index contributed by atoms with van der Waals surface area (Å²) in [5.41, 5.74) is 1.00. The van der Waals surface area contributed by atoms with Crippen LogP contribution in [-0.2, 0) is 0 Å². The Labute approximate surface area is 132 Å². The molecule has 1 aromatic heterocycles. The molecule has 2 aromatic rings. The zero-order chi connectivity index (χ0) is 15.5. The molecular weight excluding hydrogens is 300 g/mol. The minimum absolute atomic E-state index is 0.0533. The van der Waals surface area contributed by atoms with Crippen LogP contribution >= 0.6 is 11.3 Å². The Morgan fingerprint density at radius 2 is 2.18 bits per heavy atom. The molecule has 7 heteroatoms. The summed E-state index contributed by atoms with van der Waals surface area (Å²) in [4.78, 5) is 12.1. The molecule has 0 saturated carbocycles. The number of aromatic nitrogens is 2. The third-order valence-electron chi connectivity index (χ3n) is 3.42. The molecule has 1 atom stereocenters. The van der Waals surface area contributed by atoms with Crippen LogP contribution in [0.2, 0.25) is 0 Å². The minimum atomic E-state index is -0.270. The van der Waals surface area contributed by atoms with Crippen molar-refractivity contribution in [2.45, 2.75) is 32.2 Å². The number of hydrogen-bond donors (Lipinski definition) is 2. The van der Waals surface area contributed by atoms with Gasteiger partial charge in [-0.1, -0.05) is 43.4 Å². The molecule has 2 heterocycles. The Balaban J connectivity index is 1.65. The number of amides is 2.